The van der Waals surface area contributed by atoms with Crippen LogP contribution in [0.3, 0.4) is 0 Å². The zero-order valence-corrected chi connectivity index (χ0v) is 18.4. The number of aliphatic hydroxyl groups excluding tert-OH is 1. The summed E-state index contributed by atoms with van der Waals surface area (Å²) in [5.74, 6) is 0.737. The molecule has 174 valence electrons. The third kappa shape index (κ3) is 4.46. The minimum absolute atomic E-state index is 0.147. The van der Waals surface area contributed by atoms with Crippen molar-refractivity contribution in [3.63, 3.8) is 0 Å². The van der Waals surface area contributed by atoms with Crippen molar-refractivity contribution in [2.45, 2.75) is 31.7 Å². The number of fused-ring (bicyclic) bond motifs is 1. The number of piperazine rings is 1. The quantitative estimate of drug-likeness (QED) is 0.488. The van der Waals surface area contributed by atoms with Crippen LogP contribution in [0.1, 0.15) is 42.2 Å². The third-order valence-electron chi connectivity index (χ3n) is 6.49. The molecule has 1 saturated heterocycles. The van der Waals surface area contributed by atoms with Gasteiger partial charge in [0.1, 0.15) is 11.3 Å². The molecule has 11 heteroatoms. The van der Waals surface area contributed by atoms with Gasteiger partial charge in [-0.15, -0.1) is 10.2 Å². The molecule has 1 aliphatic heterocycles. The Labute approximate surface area is 191 Å². The highest BCUT2D eigenvalue weighted by atomic mass is 16.4. The molecule has 2 fully saturated rings. The first-order chi connectivity index (χ1) is 16.1. The Morgan fingerprint density at radius 2 is 1.91 bits per heavy atom. The summed E-state index contributed by atoms with van der Waals surface area (Å²) < 4.78 is 1.85. The molecule has 3 N–H and O–H groups in total. The molecule has 3 aromatic rings. The average molecular weight is 453 g/mol. The van der Waals surface area contributed by atoms with Crippen LogP contribution in [0.2, 0.25) is 0 Å². The van der Waals surface area contributed by atoms with E-state index in [4.69, 9.17) is 5.11 Å². The van der Waals surface area contributed by atoms with Gasteiger partial charge in [0.25, 0.3) is 0 Å². The number of aromatic carboxylic acids is 1. The minimum Gasteiger partial charge on any atom is -0.477 e. The summed E-state index contributed by atoms with van der Waals surface area (Å²) in [5, 5.41) is 31.2. The Kier molecular flexibility index (Phi) is 6.05. The Bertz CT molecular complexity index is 1120. The molecule has 1 aliphatic carbocycles. The van der Waals surface area contributed by atoms with E-state index < -0.39 is 5.97 Å². The maximum Gasteiger partial charge on any atom is 0.352 e. The largest absolute Gasteiger partial charge is 0.477 e. The molecule has 0 bridgehead atoms. The van der Waals surface area contributed by atoms with Crippen LogP contribution in [-0.4, -0.2) is 85.1 Å². The highest BCUT2D eigenvalue weighted by Gasteiger charge is 2.25. The fourth-order valence-electron chi connectivity index (χ4n) is 4.78. The molecule has 0 radical (unpaired) electrons. The van der Waals surface area contributed by atoms with Gasteiger partial charge in [-0.05, 0) is 31.0 Å². The molecule has 0 unspecified atom stereocenters. The second-order valence-corrected chi connectivity index (χ2v) is 8.57. The zero-order chi connectivity index (χ0) is 22.8. The lowest BCUT2D eigenvalue weighted by molar-refractivity contribution is 0.0683. The van der Waals surface area contributed by atoms with Crippen molar-refractivity contribution < 1.29 is 15.0 Å². The van der Waals surface area contributed by atoms with Crippen molar-refractivity contribution in [1.82, 2.24) is 29.6 Å². The Morgan fingerprint density at radius 3 is 2.58 bits per heavy atom. The number of β-amino-alcohol motifs (C(OH)–C–C–N with tert-alkyl or cyclic N) is 1. The van der Waals surface area contributed by atoms with Gasteiger partial charge in [0.2, 0.25) is 5.95 Å². The van der Waals surface area contributed by atoms with E-state index >= 15 is 0 Å². The lowest BCUT2D eigenvalue weighted by atomic mass is 10.2. The summed E-state index contributed by atoms with van der Waals surface area (Å²) in [7, 11) is 0. The number of nitrogens with zero attached hydrogens (tertiary/aromatic N) is 7. The molecule has 3 aromatic heterocycles. The molecule has 5 rings (SSSR count). The summed E-state index contributed by atoms with van der Waals surface area (Å²) >= 11 is 0. The first-order valence-electron chi connectivity index (χ1n) is 11.4. The van der Waals surface area contributed by atoms with E-state index in [1.807, 2.05) is 16.7 Å². The van der Waals surface area contributed by atoms with Crippen molar-refractivity contribution in [2.24, 2.45) is 0 Å². The highest BCUT2D eigenvalue weighted by molar-refractivity contribution is 5.93. The SMILES string of the molecule is O=C(O)c1cc2cnc(Nc3ccc(N4CCN(CCO)CC4)nn3)nc2n1C1CCCC1. The van der Waals surface area contributed by atoms with Gasteiger partial charge in [-0.2, -0.15) is 4.98 Å². The number of carboxylic acid groups (broad SMARTS) is 1. The van der Waals surface area contributed by atoms with Crippen LogP contribution in [0.5, 0.6) is 0 Å². The topological polar surface area (TPSA) is 133 Å². The van der Waals surface area contributed by atoms with Gasteiger partial charge in [0.05, 0.1) is 6.61 Å². The van der Waals surface area contributed by atoms with E-state index in [-0.39, 0.29) is 18.3 Å². The first kappa shape index (κ1) is 21.5. The smallest absolute Gasteiger partial charge is 0.352 e. The zero-order valence-electron chi connectivity index (χ0n) is 18.4. The van der Waals surface area contributed by atoms with Crippen LogP contribution in [-0.2, 0) is 0 Å². The molecule has 0 atom stereocenters. The molecule has 33 heavy (non-hydrogen) atoms. The standard InChI is InChI=1S/C22H28N8O3/c31-12-11-28-7-9-29(10-8-28)19-6-5-18(26-27-19)24-22-23-14-15-13-17(21(32)33)30(20(15)25-22)16-3-1-2-4-16/h5-6,13-14,16,31H,1-4,7-12H2,(H,32,33)(H,23,24,25,26). The van der Waals surface area contributed by atoms with Gasteiger partial charge in [-0.25, -0.2) is 9.78 Å². The van der Waals surface area contributed by atoms with Crippen molar-refractivity contribution in [3.05, 3.63) is 30.1 Å². The van der Waals surface area contributed by atoms with Gasteiger partial charge in [0.15, 0.2) is 11.6 Å². The Morgan fingerprint density at radius 1 is 1.12 bits per heavy atom. The van der Waals surface area contributed by atoms with E-state index in [1.165, 1.54) is 0 Å². The normalized spacial score (nSPS) is 17.7. The molecule has 0 amide bonds. The van der Waals surface area contributed by atoms with E-state index in [0.717, 1.165) is 57.7 Å². The predicted octanol–water partition coefficient (Wildman–Crippen LogP) is 1.89. The van der Waals surface area contributed by atoms with Crippen molar-refractivity contribution in [1.29, 1.82) is 0 Å². The number of carbonyl (C=O) groups is 1. The molecular formula is C22H28N8O3. The second kappa shape index (κ2) is 9.28. The maximum absolute atomic E-state index is 11.8. The lowest BCUT2D eigenvalue weighted by Crippen LogP contribution is -2.47. The molecule has 0 spiro atoms. The fraction of sp³-hybridized carbons (Fsp3) is 0.500. The number of hydrogen-bond donors (Lipinski definition) is 3. The Hall–Kier alpha value is -3.31. The number of anilines is 3. The number of nitrogens with one attached hydrogen (secondary N) is 1. The van der Waals surface area contributed by atoms with E-state index in [2.05, 4.69) is 35.3 Å². The van der Waals surface area contributed by atoms with Crippen molar-refractivity contribution >= 4 is 34.6 Å². The van der Waals surface area contributed by atoms with E-state index in [0.29, 0.717) is 29.3 Å². The number of aliphatic hydroxyl groups is 1. The first-order valence-corrected chi connectivity index (χ1v) is 11.4. The summed E-state index contributed by atoms with van der Waals surface area (Å²) in [6.07, 6.45) is 5.75. The Balaban J connectivity index is 1.33. The summed E-state index contributed by atoms with van der Waals surface area (Å²) in [5.41, 5.74) is 0.883. The monoisotopic (exact) mass is 452 g/mol. The van der Waals surface area contributed by atoms with Gasteiger partial charge in [-0.1, -0.05) is 12.8 Å². The summed E-state index contributed by atoms with van der Waals surface area (Å²) in [6, 6.07) is 5.55. The minimum atomic E-state index is -0.951. The highest BCUT2D eigenvalue weighted by Crippen LogP contribution is 2.34. The molecule has 2 aliphatic rings. The number of aromatic nitrogens is 5. The van der Waals surface area contributed by atoms with Gasteiger partial charge < -0.3 is 25.0 Å². The number of rotatable bonds is 7. The van der Waals surface area contributed by atoms with Gasteiger partial charge in [0, 0.05) is 50.3 Å². The number of carboxylic acids is 1. The van der Waals surface area contributed by atoms with Crippen LogP contribution >= 0.6 is 0 Å². The average Bonchev–Trinajstić information content (AvgIpc) is 3.48. The van der Waals surface area contributed by atoms with Crippen LogP contribution in [0, 0.1) is 0 Å². The van der Waals surface area contributed by atoms with Crippen LogP contribution in [0.25, 0.3) is 11.0 Å². The van der Waals surface area contributed by atoms with Gasteiger partial charge >= 0.3 is 5.97 Å². The second-order valence-electron chi connectivity index (χ2n) is 8.57. The molecule has 0 aromatic carbocycles. The van der Waals surface area contributed by atoms with Crippen molar-refractivity contribution in [3.8, 4) is 0 Å². The number of hydrogen-bond acceptors (Lipinski definition) is 9. The van der Waals surface area contributed by atoms with Crippen LogP contribution in [0.15, 0.2) is 24.4 Å². The van der Waals surface area contributed by atoms with E-state index in [9.17, 15) is 9.90 Å². The fourth-order valence-corrected chi connectivity index (χ4v) is 4.78. The molecule has 4 heterocycles. The molecule has 11 nitrogen and oxygen atoms in total. The summed E-state index contributed by atoms with van der Waals surface area (Å²) in [4.78, 5) is 25.2. The maximum atomic E-state index is 11.8. The van der Waals surface area contributed by atoms with Crippen LogP contribution < -0.4 is 10.2 Å². The third-order valence-corrected chi connectivity index (χ3v) is 6.49. The molecule has 1 saturated carbocycles. The lowest BCUT2D eigenvalue weighted by Gasteiger charge is -2.34. The predicted molar refractivity (Wildman–Crippen MR) is 123 cm³/mol. The van der Waals surface area contributed by atoms with Gasteiger partial charge in [-0.3, -0.25) is 4.90 Å². The van der Waals surface area contributed by atoms with Crippen molar-refractivity contribution in [2.75, 3.05) is 49.5 Å². The van der Waals surface area contributed by atoms with Crippen LogP contribution in [0.4, 0.5) is 17.6 Å². The molecular weight excluding hydrogens is 424 g/mol. The summed E-state index contributed by atoms with van der Waals surface area (Å²) in [6.45, 7) is 4.32. The van der Waals surface area contributed by atoms with E-state index in [1.54, 1.807) is 12.3 Å².